The molecule has 70 heavy (non-hydrogen) atoms. The molecule has 2 saturated heterocycles. The first kappa shape index (κ1) is 44.7. The number of aryl methyl sites for hydroxylation is 3. The normalized spacial score (nSPS) is 22.9. The van der Waals surface area contributed by atoms with E-state index in [-0.39, 0.29) is 40.2 Å². The minimum absolute atomic E-state index is 0.00876. The number of aromatic amines is 1. The highest BCUT2D eigenvalue weighted by atomic mass is 32.2. The van der Waals surface area contributed by atoms with Gasteiger partial charge in [0.15, 0.2) is 11.6 Å². The van der Waals surface area contributed by atoms with Gasteiger partial charge in [-0.2, -0.15) is 22.0 Å². The first-order chi connectivity index (χ1) is 33.5. The molecule has 362 valence electrons. The number of carbonyl (C=O) groups is 1. The number of carbonyl (C=O) groups excluding carboxylic acids is 1. The smallest absolute Gasteiger partial charge is 0.376 e. The maximum Gasteiger partial charge on any atom is 0.438 e. The average Bonchev–Trinajstić information content (AvgIpc) is 3.98. The molecule has 1 amide bonds. The molecule has 4 aliphatic rings. The zero-order chi connectivity index (χ0) is 48.8. The number of halogens is 2. The van der Waals surface area contributed by atoms with E-state index in [2.05, 4.69) is 58.8 Å². The van der Waals surface area contributed by atoms with Crippen LogP contribution in [0.3, 0.4) is 0 Å². The van der Waals surface area contributed by atoms with Crippen molar-refractivity contribution < 1.29 is 22.8 Å². The van der Waals surface area contributed by atoms with Crippen molar-refractivity contribution in [3.8, 4) is 17.2 Å². The number of fused-ring (bicyclic) bond motifs is 4. The molecule has 1 saturated carbocycles. The second-order valence-electron chi connectivity index (χ2n) is 20.8. The van der Waals surface area contributed by atoms with Gasteiger partial charge >= 0.3 is 11.4 Å². The molecular formula is C52H54F2N10O5S. The second kappa shape index (κ2) is 15.7. The van der Waals surface area contributed by atoms with Crippen LogP contribution in [0.5, 0.6) is 0 Å². The Morgan fingerprint density at radius 2 is 1.66 bits per heavy atom. The third-order valence-corrected chi connectivity index (χ3v) is 17.0. The highest BCUT2D eigenvalue weighted by Crippen LogP contribution is 2.57. The monoisotopic (exact) mass is 968 g/mol. The summed E-state index contributed by atoms with van der Waals surface area (Å²) in [4.78, 5) is 48.6. The van der Waals surface area contributed by atoms with Gasteiger partial charge in [-0.15, -0.1) is 0 Å². The molecule has 18 heteroatoms. The van der Waals surface area contributed by atoms with E-state index >= 15 is 18.4 Å². The van der Waals surface area contributed by atoms with Crippen LogP contribution in [0.4, 0.5) is 8.78 Å². The van der Waals surface area contributed by atoms with Crippen LogP contribution in [-0.2, 0) is 22.7 Å². The topological polar surface area (TPSA) is 156 Å². The predicted molar refractivity (Wildman–Crippen MR) is 262 cm³/mol. The van der Waals surface area contributed by atoms with Gasteiger partial charge in [0.1, 0.15) is 22.9 Å². The number of benzene rings is 3. The molecule has 1 N–H and O–H groups in total. The van der Waals surface area contributed by atoms with Gasteiger partial charge in [0, 0.05) is 54.5 Å². The third-order valence-electron chi connectivity index (χ3n) is 16.0. The molecule has 4 atom stereocenters. The summed E-state index contributed by atoms with van der Waals surface area (Å²) in [5, 5.41) is 15.1. The van der Waals surface area contributed by atoms with Crippen molar-refractivity contribution in [3.05, 3.63) is 139 Å². The second-order valence-corrected chi connectivity index (χ2v) is 22.0. The standard InChI is InChI=1S/C52H54F2N10O5S/c1-28-20-35(21-29(2)42(28)53)64-45(61-16-15-60(49(61)67)39-11-10-38-36(43(39)54)26-55-59(38)7)41-31(4)62(27-51(44(41)57-64)13-18-70-19-14-51)46(65)40-23-34-22-32(33-12-17-68-50(5,6)25-33)8-9-37(34)63(40)52(24-30(52)3)47-56-48(66)69-58-47/h8-11,15-16,20-23,26,30-31,33H,12-14,17-19,24-25,27H2,1-7H3,(H,56,58,66)/t30-,31-,33-,52-/m0/s1. The van der Waals surface area contributed by atoms with E-state index in [9.17, 15) is 4.79 Å². The molecule has 8 heterocycles. The van der Waals surface area contributed by atoms with Crippen molar-refractivity contribution >= 4 is 39.5 Å². The average molecular weight is 969 g/mol. The van der Waals surface area contributed by atoms with E-state index in [1.54, 1.807) is 60.7 Å². The van der Waals surface area contributed by atoms with Crippen LogP contribution in [0.2, 0.25) is 0 Å². The number of hydrogen-bond donors (Lipinski definition) is 1. The molecule has 12 rings (SSSR count). The number of H-pyrrole nitrogens is 1. The van der Waals surface area contributed by atoms with Crippen molar-refractivity contribution in [2.24, 2.45) is 13.0 Å². The number of thioether (sulfide) groups is 1. The lowest BCUT2D eigenvalue weighted by atomic mass is 9.72. The summed E-state index contributed by atoms with van der Waals surface area (Å²) in [6, 6.07) is 14.5. The summed E-state index contributed by atoms with van der Waals surface area (Å²) in [7, 11) is 1.73. The largest absolute Gasteiger partial charge is 0.438 e. The highest BCUT2D eigenvalue weighted by molar-refractivity contribution is 7.99. The van der Waals surface area contributed by atoms with Crippen LogP contribution in [0, 0.1) is 31.4 Å². The molecular weight excluding hydrogens is 915 g/mol. The van der Waals surface area contributed by atoms with Crippen molar-refractivity contribution in [1.29, 1.82) is 0 Å². The van der Waals surface area contributed by atoms with Crippen LogP contribution in [-0.4, -0.2) is 84.5 Å². The Labute approximate surface area is 405 Å². The maximum absolute atomic E-state index is 16.4. The van der Waals surface area contributed by atoms with Crippen molar-refractivity contribution in [3.63, 3.8) is 0 Å². The number of amides is 1. The SMILES string of the molecule is Cc1cc(-n2nc3c(c2-n2ccn(-c4ccc5c(cnn5C)c4F)c2=O)[C@H](C)N(C(=O)c2cc4cc([C@H]5CCOC(C)(C)C5)ccc4n2[C@@]2(c4noc(=O)[nH]4)C[C@@H]2C)CC32CCSCC2)cc(C)c1F. The van der Waals surface area contributed by atoms with Crippen LogP contribution < -0.4 is 11.4 Å². The van der Waals surface area contributed by atoms with E-state index in [0.29, 0.717) is 77.6 Å². The van der Waals surface area contributed by atoms with Crippen LogP contribution >= 0.6 is 11.8 Å². The third kappa shape index (κ3) is 6.61. The van der Waals surface area contributed by atoms with Gasteiger partial charge in [0.05, 0.1) is 45.8 Å². The number of imidazole rings is 1. The fourth-order valence-corrected chi connectivity index (χ4v) is 13.4. The lowest BCUT2D eigenvalue weighted by Gasteiger charge is -2.47. The Morgan fingerprint density at radius 1 is 0.929 bits per heavy atom. The summed E-state index contributed by atoms with van der Waals surface area (Å²) in [5.74, 6) is 0.816. The Bertz CT molecular complexity index is 3560. The lowest BCUT2D eigenvalue weighted by Crippen LogP contribution is -2.52. The van der Waals surface area contributed by atoms with E-state index in [4.69, 9.17) is 14.4 Å². The number of nitrogens with zero attached hydrogens (tertiary/aromatic N) is 9. The van der Waals surface area contributed by atoms with Crippen molar-refractivity contribution in [1.82, 2.24) is 48.3 Å². The van der Waals surface area contributed by atoms with E-state index in [1.165, 1.54) is 27.1 Å². The van der Waals surface area contributed by atoms with Gasteiger partial charge in [-0.3, -0.25) is 28.1 Å². The Balaban J connectivity index is 1.06. The summed E-state index contributed by atoms with van der Waals surface area (Å²) in [6.45, 7) is 12.7. The van der Waals surface area contributed by atoms with Gasteiger partial charge in [-0.1, -0.05) is 18.1 Å². The molecule has 0 radical (unpaired) electrons. The van der Waals surface area contributed by atoms with E-state index in [1.807, 2.05) is 29.7 Å². The van der Waals surface area contributed by atoms with Crippen LogP contribution in [0.15, 0.2) is 81.2 Å². The number of ether oxygens (including phenoxy) is 1. The zero-order valence-corrected chi connectivity index (χ0v) is 41.0. The van der Waals surface area contributed by atoms with Gasteiger partial charge < -0.3 is 14.2 Å². The van der Waals surface area contributed by atoms with Crippen molar-refractivity contribution in [2.45, 2.75) is 102 Å². The molecule has 1 aliphatic carbocycles. The van der Waals surface area contributed by atoms with E-state index < -0.39 is 34.3 Å². The zero-order valence-electron chi connectivity index (χ0n) is 40.2. The van der Waals surface area contributed by atoms with Gasteiger partial charge in [0.25, 0.3) is 5.91 Å². The molecule has 15 nitrogen and oxygen atoms in total. The first-order valence-corrected chi connectivity index (χ1v) is 25.2. The molecule has 3 aliphatic heterocycles. The summed E-state index contributed by atoms with van der Waals surface area (Å²) in [6.07, 6.45) is 8.35. The maximum atomic E-state index is 16.4. The molecule has 3 fully saturated rings. The molecule has 1 spiro atoms. The Hall–Kier alpha value is -6.53. The van der Waals surface area contributed by atoms with Crippen molar-refractivity contribution in [2.75, 3.05) is 24.7 Å². The molecule has 0 bridgehead atoms. The highest BCUT2D eigenvalue weighted by Gasteiger charge is 2.59. The number of aromatic nitrogens is 9. The minimum atomic E-state index is -0.872. The number of nitrogens with one attached hydrogen (secondary N) is 1. The van der Waals surface area contributed by atoms with Gasteiger partial charge in [-0.25, -0.2) is 23.1 Å². The quantitative estimate of drug-likeness (QED) is 0.165. The van der Waals surface area contributed by atoms with Crippen LogP contribution in [0.25, 0.3) is 39.0 Å². The fourth-order valence-electron chi connectivity index (χ4n) is 12.2. The molecule has 5 aromatic heterocycles. The summed E-state index contributed by atoms with van der Waals surface area (Å²) in [5.41, 5.74) is 3.57. The predicted octanol–water partition coefficient (Wildman–Crippen LogP) is 8.66. The minimum Gasteiger partial charge on any atom is -0.376 e. The molecule has 3 aromatic carbocycles. The van der Waals surface area contributed by atoms with Crippen LogP contribution in [0.1, 0.15) is 116 Å². The first-order valence-electron chi connectivity index (χ1n) is 24.1. The lowest BCUT2D eigenvalue weighted by molar-refractivity contribution is -0.0592. The summed E-state index contributed by atoms with van der Waals surface area (Å²) >= 11 is 1.85. The Kier molecular flexibility index (Phi) is 10.0. The summed E-state index contributed by atoms with van der Waals surface area (Å²) < 4.78 is 51.1. The molecule has 0 unspecified atom stereocenters. The number of hydrogen-bond acceptors (Lipinski definition) is 9. The fraction of sp³-hybridized carbons (Fsp3) is 0.423. The van der Waals surface area contributed by atoms with Gasteiger partial charge in [0.2, 0.25) is 0 Å². The Morgan fingerprint density at radius 3 is 2.36 bits per heavy atom. The number of rotatable bonds is 7. The van der Waals surface area contributed by atoms with E-state index in [0.717, 1.165) is 40.9 Å². The van der Waals surface area contributed by atoms with Gasteiger partial charge in [-0.05, 0) is 149 Å². The molecule has 8 aromatic rings.